The number of rotatable bonds is 14. The number of nitrogens with zero attached hydrogens (tertiary/aromatic N) is 3. The molecule has 4 aromatic rings. The van der Waals surface area contributed by atoms with Crippen molar-refractivity contribution in [2.45, 2.75) is 51.4 Å². The highest BCUT2D eigenvalue weighted by molar-refractivity contribution is 5.83. The summed E-state index contributed by atoms with van der Waals surface area (Å²) in [5.41, 5.74) is 11.4. The number of aromatic nitrogens is 3. The highest BCUT2D eigenvalue weighted by Gasteiger charge is 2.36. The Hall–Kier alpha value is -4.07. The van der Waals surface area contributed by atoms with Gasteiger partial charge in [0.05, 0.1) is 29.4 Å². The van der Waals surface area contributed by atoms with Gasteiger partial charge in [-0.2, -0.15) is 18.2 Å². The van der Waals surface area contributed by atoms with E-state index < -0.39 is 23.2 Å². The molecule has 0 radical (unpaired) electrons. The van der Waals surface area contributed by atoms with Crippen molar-refractivity contribution in [3.63, 3.8) is 0 Å². The number of H-pyrrole nitrogens is 1. The molecule has 0 bridgehead atoms. The summed E-state index contributed by atoms with van der Waals surface area (Å²) in [6.45, 7) is 4.13. The van der Waals surface area contributed by atoms with Crippen molar-refractivity contribution in [1.82, 2.24) is 19.9 Å². The van der Waals surface area contributed by atoms with Gasteiger partial charge in [-0.15, -0.1) is 0 Å². The molecule has 236 valence electrons. The van der Waals surface area contributed by atoms with Crippen LogP contribution in [0.15, 0.2) is 58.4 Å². The smallest absolute Gasteiger partial charge is 0.388 e. The molecule has 13 heteroatoms. The Balaban J connectivity index is 1.56. The van der Waals surface area contributed by atoms with E-state index in [0.29, 0.717) is 55.0 Å². The molecular weight excluding hydrogens is 578 g/mol. The minimum absolute atomic E-state index is 0.0827. The third-order valence-corrected chi connectivity index (χ3v) is 7.07. The first-order chi connectivity index (χ1) is 21.0. The van der Waals surface area contributed by atoms with Gasteiger partial charge in [-0.25, -0.2) is 9.18 Å². The van der Waals surface area contributed by atoms with Crippen molar-refractivity contribution in [3.05, 3.63) is 81.7 Å². The lowest BCUT2D eigenvalue weighted by Crippen LogP contribution is -2.25. The van der Waals surface area contributed by atoms with Crippen LogP contribution in [0, 0.1) is 5.82 Å². The molecule has 2 aromatic carbocycles. The lowest BCUT2D eigenvalue weighted by molar-refractivity contribution is -0.140. The van der Waals surface area contributed by atoms with E-state index in [1.54, 1.807) is 19.1 Å². The van der Waals surface area contributed by atoms with Crippen LogP contribution in [-0.4, -0.2) is 53.2 Å². The third kappa shape index (κ3) is 8.52. The first-order valence-corrected chi connectivity index (χ1v) is 14.3. The van der Waals surface area contributed by atoms with Crippen molar-refractivity contribution in [2.24, 2.45) is 16.5 Å². The third-order valence-electron chi connectivity index (χ3n) is 7.07. The van der Waals surface area contributed by atoms with Gasteiger partial charge in [0.15, 0.2) is 0 Å². The Bertz CT molecular complexity index is 1640. The van der Waals surface area contributed by atoms with Gasteiger partial charge in [-0.3, -0.25) is 9.56 Å². The minimum atomic E-state index is -4.89. The number of benzene rings is 2. The number of hydrogen-bond donors (Lipinski definition) is 4. The van der Waals surface area contributed by atoms with Crippen molar-refractivity contribution in [1.29, 1.82) is 0 Å². The summed E-state index contributed by atoms with van der Waals surface area (Å²) >= 11 is 0. The van der Waals surface area contributed by atoms with Gasteiger partial charge in [-0.1, -0.05) is 12.1 Å². The molecule has 0 saturated carbocycles. The maximum Gasteiger partial charge on any atom is 0.419 e. The molecule has 4 rings (SSSR count). The second kappa shape index (κ2) is 14.6. The summed E-state index contributed by atoms with van der Waals surface area (Å²) < 4.78 is 63.0. The quantitative estimate of drug-likeness (QED) is 0.0703. The van der Waals surface area contributed by atoms with Gasteiger partial charge in [0.25, 0.3) is 0 Å². The number of nitrogens with one attached hydrogen (secondary N) is 2. The van der Waals surface area contributed by atoms with Gasteiger partial charge >= 0.3 is 11.9 Å². The van der Waals surface area contributed by atoms with E-state index in [1.165, 1.54) is 30.0 Å². The van der Waals surface area contributed by atoms with E-state index in [4.69, 9.17) is 16.2 Å². The van der Waals surface area contributed by atoms with Crippen molar-refractivity contribution in [3.8, 4) is 16.9 Å². The molecule has 1 unspecified atom stereocenters. The molecule has 0 amide bonds. The molecule has 2 heterocycles. The number of nitrogens with two attached hydrogens (primary N) is 2. The average Bonchev–Trinajstić information content (AvgIpc) is 3.37. The molecule has 0 spiro atoms. The number of ether oxygens (including phenoxy) is 1. The molecule has 44 heavy (non-hydrogen) atoms. The van der Waals surface area contributed by atoms with Crippen LogP contribution in [0.1, 0.15) is 42.9 Å². The number of fused-ring (bicyclic) bond motifs is 1. The minimum Gasteiger partial charge on any atom is -0.388 e. The van der Waals surface area contributed by atoms with Crippen molar-refractivity contribution >= 4 is 16.9 Å². The van der Waals surface area contributed by atoms with Crippen molar-refractivity contribution < 1.29 is 22.3 Å². The van der Waals surface area contributed by atoms with Gasteiger partial charge in [0.2, 0.25) is 0 Å². The molecule has 6 N–H and O–H groups in total. The Morgan fingerprint density at radius 2 is 1.91 bits per heavy atom. The fraction of sp³-hybridized carbons (Fsp3) is 0.387. The van der Waals surface area contributed by atoms with E-state index in [9.17, 15) is 18.0 Å². The summed E-state index contributed by atoms with van der Waals surface area (Å²) in [6.07, 6.45) is -1.21. The van der Waals surface area contributed by atoms with E-state index in [0.717, 1.165) is 24.6 Å². The highest BCUT2D eigenvalue weighted by Crippen LogP contribution is 2.37. The Morgan fingerprint density at radius 3 is 2.59 bits per heavy atom. The van der Waals surface area contributed by atoms with E-state index in [1.807, 2.05) is 12.1 Å². The molecular formula is C31H37F4N7O2. The summed E-state index contributed by atoms with van der Waals surface area (Å²) in [5, 5.41) is 3.76. The molecule has 0 aliphatic heterocycles. The van der Waals surface area contributed by atoms with Crippen LogP contribution >= 0.6 is 0 Å². The maximum absolute atomic E-state index is 15.3. The van der Waals surface area contributed by atoms with Crippen LogP contribution in [-0.2, 0) is 23.9 Å². The molecule has 0 aliphatic rings. The number of aromatic amines is 1. The summed E-state index contributed by atoms with van der Waals surface area (Å²) in [4.78, 5) is 23.9. The molecule has 2 aromatic heterocycles. The topological polar surface area (TPSA) is 136 Å². The zero-order chi connectivity index (χ0) is 31.9. The van der Waals surface area contributed by atoms with Gasteiger partial charge in [-0.05, 0) is 80.6 Å². The fourth-order valence-electron chi connectivity index (χ4n) is 4.89. The fourth-order valence-corrected chi connectivity index (χ4v) is 4.89. The zero-order valence-electron chi connectivity index (χ0n) is 24.7. The molecule has 1 atom stereocenters. The summed E-state index contributed by atoms with van der Waals surface area (Å²) in [5.74, 6) is -0.840. The highest BCUT2D eigenvalue weighted by atomic mass is 19.4. The average molecular weight is 616 g/mol. The predicted octanol–water partition coefficient (Wildman–Crippen LogP) is 4.69. The number of alkyl halides is 3. The lowest BCUT2D eigenvalue weighted by Gasteiger charge is -2.15. The maximum atomic E-state index is 15.3. The van der Waals surface area contributed by atoms with Gasteiger partial charge in [0.1, 0.15) is 11.5 Å². The second-order valence-electron chi connectivity index (χ2n) is 10.7. The standard InChI is InChI=1S/C31H37F4N7O2/c1-19(36)39-12-4-11-38-16-20-7-9-24(10-8-20)42-17-22-15-27(40-29(22)41-30(42)43)25-13-21(5-3-6-23(37)18-44-2)14-26(28(25)32)31(33,34)35/h7-10,13-15,17,23,38H,3-6,11-12,16,18,37H2,1-2H3,(H2,36,39)(H,40,41,43). The molecule has 0 aliphatic carbocycles. The number of hydrogen-bond acceptors (Lipinski definition) is 6. The van der Waals surface area contributed by atoms with Crippen LogP contribution in [0.2, 0.25) is 0 Å². The van der Waals surface area contributed by atoms with Gasteiger partial charge < -0.3 is 26.5 Å². The van der Waals surface area contributed by atoms with Crippen LogP contribution in [0.5, 0.6) is 0 Å². The molecule has 0 fully saturated rings. The zero-order valence-corrected chi connectivity index (χ0v) is 24.7. The Labute approximate surface area is 252 Å². The number of methoxy groups -OCH3 is 1. The summed E-state index contributed by atoms with van der Waals surface area (Å²) in [6, 6.07) is 10.8. The van der Waals surface area contributed by atoms with Crippen LogP contribution in [0.4, 0.5) is 17.6 Å². The van der Waals surface area contributed by atoms with Gasteiger partial charge in [0, 0.05) is 43.4 Å². The predicted molar refractivity (Wildman–Crippen MR) is 163 cm³/mol. The first-order valence-electron chi connectivity index (χ1n) is 14.3. The van der Waals surface area contributed by atoms with Crippen LogP contribution in [0.25, 0.3) is 28.0 Å². The molecule has 0 saturated heterocycles. The SMILES string of the molecule is COCC(N)CCCc1cc(-c2cc3cn(-c4ccc(CNCCCN=C(C)N)cc4)c(=O)nc3[nH]2)c(F)c(C(F)(F)F)c1. The lowest BCUT2D eigenvalue weighted by atomic mass is 9.98. The summed E-state index contributed by atoms with van der Waals surface area (Å²) in [7, 11) is 1.52. The number of aliphatic imine (C=N–C) groups is 1. The normalized spacial score (nSPS) is 13.1. The van der Waals surface area contributed by atoms with E-state index >= 15 is 4.39 Å². The van der Waals surface area contributed by atoms with Crippen LogP contribution in [0.3, 0.4) is 0 Å². The van der Waals surface area contributed by atoms with E-state index in [2.05, 4.69) is 20.3 Å². The Kier molecular flexibility index (Phi) is 10.9. The first kappa shape index (κ1) is 32.8. The molecule has 9 nitrogen and oxygen atoms in total. The van der Waals surface area contributed by atoms with Crippen molar-refractivity contribution in [2.75, 3.05) is 26.8 Å². The largest absolute Gasteiger partial charge is 0.419 e. The number of aryl methyl sites for hydroxylation is 1. The Morgan fingerprint density at radius 1 is 1.16 bits per heavy atom. The number of amidine groups is 1. The monoisotopic (exact) mass is 615 g/mol. The van der Waals surface area contributed by atoms with E-state index in [-0.39, 0.29) is 29.4 Å². The van der Waals surface area contributed by atoms with Crippen LogP contribution < -0.4 is 22.5 Å². The second-order valence-corrected chi connectivity index (χ2v) is 10.7. The number of halogens is 4.